The molecule has 0 aromatic rings. The molecule has 0 rings (SSSR count). The van der Waals surface area contributed by atoms with E-state index < -0.39 is 5.97 Å². The van der Waals surface area contributed by atoms with Gasteiger partial charge in [0.05, 0.1) is 6.54 Å². The van der Waals surface area contributed by atoms with Crippen LogP contribution in [0.2, 0.25) is 0 Å². The van der Waals surface area contributed by atoms with Crippen LogP contribution in [0.3, 0.4) is 0 Å². The average Bonchev–Trinajstić information content (AvgIpc) is 1.82. The summed E-state index contributed by atoms with van der Waals surface area (Å²) in [4.78, 5) is 10.1. The molecule has 2 N–H and O–H groups in total. The van der Waals surface area contributed by atoms with Crippen LogP contribution in [-0.4, -0.2) is 23.7 Å². The maximum atomic E-state index is 10.1. The molecule has 0 aromatic carbocycles. The van der Waals surface area contributed by atoms with E-state index >= 15 is 0 Å². The second-order valence-electron chi connectivity index (χ2n) is 3.31. The molecule has 0 saturated heterocycles. The highest BCUT2D eigenvalue weighted by atomic mass is 16.4. The molecule has 0 aromatic heterocycles. The van der Waals surface area contributed by atoms with E-state index in [-0.39, 0.29) is 6.54 Å². The van der Waals surface area contributed by atoms with E-state index in [1.54, 1.807) is 0 Å². The third kappa shape index (κ3) is 7.33. The Labute approximate surface area is 67.8 Å². The van der Waals surface area contributed by atoms with Gasteiger partial charge in [0.15, 0.2) is 0 Å². The molecule has 0 aliphatic rings. The predicted octanol–water partition coefficient (Wildman–Crippen LogP) is 1.10. The van der Waals surface area contributed by atoms with E-state index in [0.29, 0.717) is 12.0 Å². The first-order valence-electron chi connectivity index (χ1n) is 3.97. The molecular formula is C8H17NO2. The molecule has 11 heavy (non-hydrogen) atoms. The smallest absolute Gasteiger partial charge is 0.317 e. The Morgan fingerprint density at radius 1 is 1.45 bits per heavy atom. The molecule has 0 fully saturated rings. The molecule has 66 valence electrons. The van der Waals surface area contributed by atoms with Gasteiger partial charge in [-0.2, -0.15) is 0 Å². The van der Waals surface area contributed by atoms with Gasteiger partial charge < -0.3 is 10.4 Å². The standard InChI is InChI=1S/C8H17NO2/c1-6(2)4-7(3)9-5-8(10)11/h6-7,9H,4-5H2,1-3H3,(H,10,11). The van der Waals surface area contributed by atoms with Gasteiger partial charge in [-0.1, -0.05) is 13.8 Å². The van der Waals surface area contributed by atoms with Crippen LogP contribution in [0.4, 0.5) is 0 Å². The summed E-state index contributed by atoms with van der Waals surface area (Å²) in [5, 5.41) is 11.2. The highest BCUT2D eigenvalue weighted by Crippen LogP contribution is 2.02. The van der Waals surface area contributed by atoms with Crippen LogP contribution >= 0.6 is 0 Å². The Hall–Kier alpha value is -0.570. The Morgan fingerprint density at radius 2 is 2.00 bits per heavy atom. The Bertz CT molecular complexity index is 123. The van der Waals surface area contributed by atoms with Gasteiger partial charge in [0.2, 0.25) is 0 Å². The third-order valence-corrected chi connectivity index (χ3v) is 1.43. The van der Waals surface area contributed by atoms with Gasteiger partial charge in [-0.15, -0.1) is 0 Å². The van der Waals surface area contributed by atoms with E-state index in [0.717, 1.165) is 6.42 Å². The number of carbonyl (C=O) groups is 1. The van der Waals surface area contributed by atoms with Gasteiger partial charge in [-0.3, -0.25) is 4.79 Å². The van der Waals surface area contributed by atoms with Crippen LogP contribution in [0.15, 0.2) is 0 Å². The van der Waals surface area contributed by atoms with Crippen LogP contribution in [0.25, 0.3) is 0 Å². The average molecular weight is 159 g/mol. The fraction of sp³-hybridized carbons (Fsp3) is 0.875. The number of hydrogen-bond donors (Lipinski definition) is 2. The predicted molar refractivity (Wildman–Crippen MR) is 44.6 cm³/mol. The molecule has 0 saturated carbocycles. The zero-order valence-electron chi connectivity index (χ0n) is 7.42. The molecule has 0 aliphatic carbocycles. The van der Waals surface area contributed by atoms with Gasteiger partial charge >= 0.3 is 5.97 Å². The summed E-state index contributed by atoms with van der Waals surface area (Å²) in [6, 6.07) is 0.297. The van der Waals surface area contributed by atoms with Gasteiger partial charge in [0.25, 0.3) is 0 Å². The monoisotopic (exact) mass is 159 g/mol. The zero-order chi connectivity index (χ0) is 8.85. The minimum absolute atomic E-state index is 0.0634. The largest absolute Gasteiger partial charge is 0.480 e. The SMILES string of the molecule is CC(C)CC(C)NCC(=O)O. The molecule has 1 atom stereocenters. The van der Waals surface area contributed by atoms with Crippen molar-refractivity contribution in [2.24, 2.45) is 5.92 Å². The van der Waals surface area contributed by atoms with E-state index in [4.69, 9.17) is 5.11 Å². The van der Waals surface area contributed by atoms with Crippen molar-refractivity contribution in [1.82, 2.24) is 5.32 Å². The summed E-state index contributed by atoms with van der Waals surface area (Å²) in [6.45, 7) is 6.31. The number of rotatable bonds is 5. The lowest BCUT2D eigenvalue weighted by Crippen LogP contribution is -2.32. The summed E-state index contributed by atoms with van der Waals surface area (Å²) in [6.07, 6.45) is 1.02. The number of nitrogens with one attached hydrogen (secondary N) is 1. The Kier molecular flexibility index (Phi) is 4.86. The van der Waals surface area contributed by atoms with E-state index in [9.17, 15) is 4.79 Å². The number of aliphatic carboxylic acids is 1. The number of carboxylic acid groups (broad SMARTS) is 1. The highest BCUT2D eigenvalue weighted by molar-refractivity contribution is 5.69. The Morgan fingerprint density at radius 3 is 2.36 bits per heavy atom. The molecule has 3 heteroatoms. The molecule has 0 heterocycles. The lowest BCUT2D eigenvalue weighted by Gasteiger charge is -2.13. The maximum Gasteiger partial charge on any atom is 0.317 e. The first-order valence-corrected chi connectivity index (χ1v) is 3.97. The molecule has 0 bridgehead atoms. The molecule has 0 aliphatic heterocycles. The summed E-state index contributed by atoms with van der Waals surface area (Å²) in [5.41, 5.74) is 0. The highest BCUT2D eigenvalue weighted by Gasteiger charge is 2.05. The summed E-state index contributed by atoms with van der Waals surface area (Å²) in [5.74, 6) is -0.174. The fourth-order valence-electron chi connectivity index (χ4n) is 1.05. The van der Waals surface area contributed by atoms with Crippen molar-refractivity contribution in [3.05, 3.63) is 0 Å². The molecule has 0 radical (unpaired) electrons. The third-order valence-electron chi connectivity index (χ3n) is 1.43. The zero-order valence-corrected chi connectivity index (χ0v) is 7.42. The molecule has 1 unspecified atom stereocenters. The lowest BCUT2D eigenvalue weighted by molar-refractivity contribution is -0.136. The van der Waals surface area contributed by atoms with Crippen molar-refractivity contribution in [2.75, 3.05) is 6.54 Å². The summed E-state index contributed by atoms with van der Waals surface area (Å²) < 4.78 is 0. The topological polar surface area (TPSA) is 49.3 Å². The second-order valence-corrected chi connectivity index (χ2v) is 3.31. The second kappa shape index (κ2) is 5.13. The van der Waals surface area contributed by atoms with Crippen molar-refractivity contribution in [1.29, 1.82) is 0 Å². The minimum atomic E-state index is -0.791. The van der Waals surface area contributed by atoms with Crippen LogP contribution < -0.4 is 5.32 Å². The molecule has 3 nitrogen and oxygen atoms in total. The van der Waals surface area contributed by atoms with Crippen LogP contribution in [0, 0.1) is 5.92 Å². The maximum absolute atomic E-state index is 10.1. The normalized spacial score (nSPS) is 13.5. The molecule has 0 amide bonds. The Balaban J connectivity index is 3.37. The summed E-state index contributed by atoms with van der Waals surface area (Å²) in [7, 11) is 0. The van der Waals surface area contributed by atoms with Crippen molar-refractivity contribution in [3.63, 3.8) is 0 Å². The van der Waals surface area contributed by atoms with Crippen LogP contribution in [-0.2, 0) is 4.79 Å². The quantitative estimate of drug-likeness (QED) is 0.631. The lowest BCUT2D eigenvalue weighted by atomic mass is 10.1. The molecular weight excluding hydrogens is 142 g/mol. The van der Waals surface area contributed by atoms with Crippen molar-refractivity contribution in [3.8, 4) is 0 Å². The van der Waals surface area contributed by atoms with Crippen LogP contribution in [0.5, 0.6) is 0 Å². The van der Waals surface area contributed by atoms with Gasteiger partial charge in [-0.25, -0.2) is 0 Å². The van der Waals surface area contributed by atoms with Gasteiger partial charge in [0, 0.05) is 6.04 Å². The van der Waals surface area contributed by atoms with Gasteiger partial charge in [0.1, 0.15) is 0 Å². The van der Waals surface area contributed by atoms with Crippen molar-refractivity contribution >= 4 is 5.97 Å². The van der Waals surface area contributed by atoms with Gasteiger partial charge in [-0.05, 0) is 19.3 Å². The molecule has 0 spiro atoms. The van der Waals surface area contributed by atoms with Crippen molar-refractivity contribution in [2.45, 2.75) is 33.2 Å². The van der Waals surface area contributed by atoms with E-state index in [1.165, 1.54) is 0 Å². The number of hydrogen-bond acceptors (Lipinski definition) is 2. The summed E-state index contributed by atoms with van der Waals surface area (Å²) >= 11 is 0. The van der Waals surface area contributed by atoms with E-state index in [2.05, 4.69) is 19.2 Å². The van der Waals surface area contributed by atoms with E-state index in [1.807, 2.05) is 6.92 Å². The first kappa shape index (κ1) is 10.4. The minimum Gasteiger partial charge on any atom is -0.480 e. The van der Waals surface area contributed by atoms with Crippen molar-refractivity contribution < 1.29 is 9.90 Å². The van der Waals surface area contributed by atoms with Crippen LogP contribution in [0.1, 0.15) is 27.2 Å². The fourth-order valence-corrected chi connectivity index (χ4v) is 1.05. The number of carboxylic acids is 1. The first-order chi connectivity index (χ1) is 5.02.